The Bertz CT molecular complexity index is 493. The van der Waals surface area contributed by atoms with Crippen LogP contribution < -0.4 is 0 Å². The zero-order valence-corrected chi connectivity index (χ0v) is 9.96. The summed E-state index contributed by atoms with van der Waals surface area (Å²) in [6.45, 7) is 8.93. The van der Waals surface area contributed by atoms with Gasteiger partial charge in [-0.05, 0) is 47.2 Å². The standard InChI is InChI=1S/C15H18/c1-10(2)15-9-11(3)12(4)13-7-5-6-8-14(13)15/h5-10H,1-4H3. The number of benzene rings is 2. The second-order valence-corrected chi connectivity index (χ2v) is 4.61. The second kappa shape index (κ2) is 3.69. The fourth-order valence-corrected chi connectivity index (χ4v) is 2.17. The summed E-state index contributed by atoms with van der Waals surface area (Å²) in [6, 6.07) is 11.0. The quantitative estimate of drug-likeness (QED) is 0.629. The van der Waals surface area contributed by atoms with Gasteiger partial charge >= 0.3 is 0 Å². The molecular weight excluding hydrogens is 180 g/mol. The summed E-state index contributed by atoms with van der Waals surface area (Å²) < 4.78 is 0. The van der Waals surface area contributed by atoms with Crippen LogP contribution in [0.4, 0.5) is 0 Å². The molecule has 78 valence electrons. The maximum Gasteiger partial charge on any atom is -0.0146 e. The van der Waals surface area contributed by atoms with Gasteiger partial charge in [-0.15, -0.1) is 0 Å². The molecule has 0 N–H and O–H groups in total. The SMILES string of the molecule is Cc1cc(C(C)C)c2ccccc2c1C. The topological polar surface area (TPSA) is 0 Å². The molecule has 0 aliphatic heterocycles. The highest BCUT2D eigenvalue weighted by molar-refractivity contribution is 5.89. The molecule has 0 nitrogen and oxygen atoms in total. The lowest BCUT2D eigenvalue weighted by Gasteiger charge is -2.14. The molecule has 0 heterocycles. The van der Waals surface area contributed by atoms with Gasteiger partial charge in [-0.1, -0.05) is 44.2 Å². The van der Waals surface area contributed by atoms with E-state index < -0.39 is 0 Å². The van der Waals surface area contributed by atoms with E-state index in [0.717, 1.165) is 0 Å². The molecule has 0 aliphatic rings. The van der Waals surface area contributed by atoms with Crippen molar-refractivity contribution < 1.29 is 0 Å². The van der Waals surface area contributed by atoms with Gasteiger partial charge in [0, 0.05) is 0 Å². The van der Waals surface area contributed by atoms with Crippen LogP contribution in [0.2, 0.25) is 0 Å². The molecule has 2 aromatic rings. The van der Waals surface area contributed by atoms with Crippen LogP contribution in [-0.2, 0) is 0 Å². The monoisotopic (exact) mass is 198 g/mol. The van der Waals surface area contributed by atoms with Gasteiger partial charge in [-0.25, -0.2) is 0 Å². The molecule has 0 radical (unpaired) electrons. The first kappa shape index (κ1) is 10.2. The van der Waals surface area contributed by atoms with Crippen LogP contribution in [0.25, 0.3) is 10.8 Å². The lowest BCUT2D eigenvalue weighted by molar-refractivity contribution is 0.874. The van der Waals surface area contributed by atoms with Crippen LogP contribution in [0.15, 0.2) is 30.3 Å². The van der Waals surface area contributed by atoms with Crippen molar-refractivity contribution in [3.8, 4) is 0 Å². The van der Waals surface area contributed by atoms with Crippen molar-refractivity contribution in [3.05, 3.63) is 47.0 Å². The normalized spacial score (nSPS) is 11.3. The number of hydrogen-bond donors (Lipinski definition) is 0. The number of hydrogen-bond acceptors (Lipinski definition) is 0. The molecule has 15 heavy (non-hydrogen) atoms. The van der Waals surface area contributed by atoms with Crippen molar-refractivity contribution in [2.75, 3.05) is 0 Å². The minimum absolute atomic E-state index is 0.592. The lowest BCUT2D eigenvalue weighted by Crippen LogP contribution is -1.93. The van der Waals surface area contributed by atoms with Crippen molar-refractivity contribution >= 4 is 10.8 Å². The minimum atomic E-state index is 0.592. The third-order valence-corrected chi connectivity index (χ3v) is 3.23. The van der Waals surface area contributed by atoms with E-state index in [1.807, 2.05) is 0 Å². The predicted octanol–water partition coefficient (Wildman–Crippen LogP) is 4.58. The maximum absolute atomic E-state index is 2.34. The third kappa shape index (κ3) is 1.65. The van der Waals surface area contributed by atoms with Gasteiger partial charge in [0.2, 0.25) is 0 Å². The fraction of sp³-hybridized carbons (Fsp3) is 0.333. The fourth-order valence-electron chi connectivity index (χ4n) is 2.17. The van der Waals surface area contributed by atoms with Gasteiger partial charge in [0.05, 0.1) is 0 Å². The van der Waals surface area contributed by atoms with E-state index in [2.05, 4.69) is 58.0 Å². The molecule has 0 fully saturated rings. The molecular formula is C15H18. The van der Waals surface area contributed by atoms with E-state index in [1.165, 1.54) is 27.5 Å². The Kier molecular flexibility index (Phi) is 2.52. The first-order valence-corrected chi connectivity index (χ1v) is 5.60. The van der Waals surface area contributed by atoms with Gasteiger partial charge in [0.25, 0.3) is 0 Å². The minimum Gasteiger partial charge on any atom is -0.0616 e. The largest absolute Gasteiger partial charge is 0.0616 e. The molecule has 2 aromatic carbocycles. The molecule has 0 atom stereocenters. The van der Waals surface area contributed by atoms with Crippen molar-refractivity contribution in [2.45, 2.75) is 33.6 Å². The van der Waals surface area contributed by atoms with E-state index in [4.69, 9.17) is 0 Å². The average Bonchev–Trinajstić information content (AvgIpc) is 2.23. The van der Waals surface area contributed by atoms with E-state index in [9.17, 15) is 0 Å². The van der Waals surface area contributed by atoms with Crippen LogP contribution in [-0.4, -0.2) is 0 Å². The summed E-state index contributed by atoms with van der Waals surface area (Å²) in [6.07, 6.45) is 0. The van der Waals surface area contributed by atoms with E-state index in [-0.39, 0.29) is 0 Å². The Hall–Kier alpha value is -1.30. The summed E-state index contributed by atoms with van der Waals surface area (Å²) in [7, 11) is 0. The van der Waals surface area contributed by atoms with Gasteiger partial charge in [-0.3, -0.25) is 0 Å². The number of aryl methyl sites for hydroxylation is 2. The maximum atomic E-state index is 2.34. The van der Waals surface area contributed by atoms with E-state index >= 15 is 0 Å². The van der Waals surface area contributed by atoms with E-state index in [1.54, 1.807) is 0 Å². The number of fused-ring (bicyclic) bond motifs is 1. The highest BCUT2D eigenvalue weighted by Crippen LogP contribution is 2.29. The Morgan fingerprint density at radius 2 is 1.53 bits per heavy atom. The first-order valence-electron chi connectivity index (χ1n) is 5.60. The summed E-state index contributed by atoms with van der Waals surface area (Å²) in [5, 5.41) is 2.82. The zero-order chi connectivity index (χ0) is 11.0. The lowest BCUT2D eigenvalue weighted by atomic mass is 9.91. The van der Waals surface area contributed by atoms with Crippen molar-refractivity contribution in [1.82, 2.24) is 0 Å². The Morgan fingerprint density at radius 3 is 2.13 bits per heavy atom. The highest BCUT2D eigenvalue weighted by atomic mass is 14.1. The Morgan fingerprint density at radius 1 is 0.933 bits per heavy atom. The van der Waals surface area contributed by atoms with Crippen molar-refractivity contribution in [1.29, 1.82) is 0 Å². The van der Waals surface area contributed by atoms with Crippen LogP contribution in [0.1, 0.15) is 36.5 Å². The summed E-state index contributed by atoms with van der Waals surface area (Å²) >= 11 is 0. The Labute approximate surface area is 91.9 Å². The second-order valence-electron chi connectivity index (χ2n) is 4.61. The number of rotatable bonds is 1. The van der Waals surface area contributed by atoms with Gasteiger partial charge in [0.1, 0.15) is 0 Å². The van der Waals surface area contributed by atoms with Crippen LogP contribution >= 0.6 is 0 Å². The van der Waals surface area contributed by atoms with Crippen LogP contribution in [0.5, 0.6) is 0 Å². The smallest absolute Gasteiger partial charge is 0.0146 e. The van der Waals surface area contributed by atoms with E-state index in [0.29, 0.717) is 5.92 Å². The highest BCUT2D eigenvalue weighted by Gasteiger charge is 2.08. The zero-order valence-electron chi connectivity index (χ0n) is 9.96. The van der Waals surface area contributed by atoms with Gasteiger partial charge in [-0.2, -0.15) is 0 Å². The molecule has 0 aromatic heterocycles. The third-order valence-electron chi connectivity index (χ3n) is 3.23. The molecule has 0 bridgehead atoms. The van der Waals surface area contributed by atoms with Gasteiger partial charge in [0.15, 0.2) is 0 Å². The summed E-state index contributed by atoms with van der Waals surface area (Å²) in [5.74, 6) is 0.592. The van der Waals surface area contributed by atoms with Crippen molar-refractivity contribution in [3.63, 3.8) is 0 Å². The first-order chi connectivity index (χ1) is 7.11. The van der Waals surface area contributed by atoms with Gasteiger partial charge < -0.3 is 0 Å². The molecule has 0 unspecified atom stereocenters. The molecule has 0 saturated carbocycles. The Balaban J connectivity index is 2.88. The molecule has 0 heteroatoms. The van der Waals surface area contributed by atoms with Crippen LogP contribution in [0, 0.1) is 13.8 Å². The predicted molar refractivity (Wildman–Crippen MR) is 67.5 cm³/mol. The molecule has 0 amide bonds. The summed E-state index contributed by atoms with van der Waals surface area (Å²) in [5.41, 5.74) is 4.28. The molecule has 0 saturated heterocycles. The van der Waals surface area contributed by atoms with Crippen LogP contribution in [0.3, 0.4) is 0 Å². The summed E-state index contributed by atoms with van der Waals surface area (Å²) in [4.78, 5) is 0. The van der Waals surface area contributed by atoms with Crippen molar-refractivity contribution in [2.24, 2.45) is 0 Å². The molecule has 0 aliphatic carbocycles. The molecule has 0 spiro atoms. The molecule has 2 rings (SSSR count). The average molecular weight is 198 g/mol.